The summed E-state index contributed by atoms with van der Waals surface area (Å²) < 4.78 is 25.4. The quantitative estimate of drug-likeness (QED) is 0.337. The van der Waals surface area contributed by atoms with E-state index < -0.39 is 20.7 Å². The number of piperidine rings is 1. The van der Waals surface area contributed by atoms with E-state index in [4.69, 9.17) is 10.9 Å². The molecule has 0 aromatic heterocycles. The van der Waals surface area contributed by atoms with E-state index in [2.05, 4.69) is 5.16 Å². The normalized spacial score (nSPS) is 22.9. The molecular formula is C10H21N3O3S. The van der Waals surface area contributed by atoms with Crippen molar-refractivity contribution in [2.24, 2.45) is 16.3 Å². The maximum absolute atomic E-state index is 12.0. The monoisotopic (exact) mass is 263 g/mol. The third-order valence-electron chi connectivity index (χ3n) is 3.51. The van der Waals surface area contributed by atoms with E-state index in [0.717, 1.165) is 0 Å². The average molecular weight is 263 g/mol. The lowest BCUT2D eigenvalue weighted by Crippen LogP contribution is -2.48. The molecule has 0 unspecified atom stereocenters. The second kappa shape index (κ2) is 4.81. The third kappa shape index (κ3) is 2.71. The van der Waals surface area contributed by atoms with E-state index in [9.17, 15) is 8.42 Å². The lowest BCUT2D eigenvalue weighted by Gasteiger charge is -2.38. The van der Waals surface area contributed by atoms with Crippen LogP contribution in [0.15, 0.2) is 5.16 Å². The van der Waals surface area contributed by atoms with E-state index in [-0.39, 0.29) is 5.84 Å². The van der Waals surface area contributed by atoms with Gasteiger partial charge in [-0.3, -0.25) is 0 Å². The van der Waals surface area contributed by atoms with Crippen molar-refractivity contribution in [2.75, 3.05) is 13.1 Å². The number of nitrogens with two attached hydrogens (primary N) is 1. The Morgan fingerprint density at radius 2 is 1.88 bits per heavy atom. The summed E-state index contributed by atoms with van der Waals surface area (Å²) in [6.07, 6.45) is 1.16. The number of sulfonamides is 1. The Labute approximate surface area is 103 Å². The van der Waals surface area contributed by atoms with Crippen LogP contribution in [0.5, 0.6) is 0 Å². The summed E-state index contributed by atoms with van der Waals surface area (Å²) in [5, 5.41) is 11.3. The first kappa shape index (κ1) is 14.2. The van der Waals surface area contributed by atoms with Gasteiger partial charge < -0.3 is 10.9 Å². The van der Waals surface area contributed by atoms with Gasteiger partial charge in [0.2, 0.25) is 10.0 Å². The summed E-state index contributed by atoms with van der Waals surface area (Å²) in [5.41, 5.74) is 5.22. The maximum atomic E-state index is 12.0. The maximum Gasteiger partial charge on any atom is 0.216 e. The highest BCUT2D eigenvalue weighted by atomic mass is 32.2. The summed E-state index contributed by atoms with van der Waals surface area (Å²) in [6, 6.07) is 0. The van der Waals surface area contributed by atoms with E-state index >= 15 is 0 Å². The first-order valence-electron chi connectivity index (χ1n) is 5.71. The molecule has 1 heterocycles. The Kier molecular flexibility index (Phi) is 4.03. The van der Waals surface area contributed by atoms with Crippen molar-refractivity contribution in [3.05, 3.63) is 0 Å². The molecule has 0 aromatic rings. The van der Waals surface area contributed by atoms with Gasteiger partial charge in [-0.25, -0.2) is 12.7 Å². The fourth-order valence-electron chi connectivity index (χ4n) is 1.91. The van der Waals surface area contributed by atoms with Crippen LogP contribution >= 0.6 is 0 Å². The van der Waals surface area contributed by atoms with Gasteiger partial charge in [-0.15, -0.1) is 0 Å². The molecule has 0 spiro atoms. The minimum Gasteiger partial charge on any atom is -0.409 e. The number of hydrogen-bond donors (Lipinski definition) is 2. The largest absolute Gasteiger partial charge is 0.409 e. The van der Waals surface area contributed by atoms with Crippen molar-refractivity contribution in [1.82, 2.24) is 4.31 Å². The smallest absolute Gasteiger partial charge is 0.216 e. The molecule has 7 heteroatoms. The first-order chi connectivity index (χ1) is 7.74. The van der Waals surface area contributed by atoms with Gasteiger partial charge in [0.05, 0.1) is 5.25 Å². The molecular weight excluding hydrogens is 242 g/mol. The summed E-state index contributed by atoms with van der Waals surface area (Å²) in [5.74, 6) is 0.180. The molecule has 17 heavy (non-hydrogen) atoms. The van der Waals surface area contributed by atoms with E-state index in [1.807, 2.05) is 6.92 Å². The van der Waals surface area contributed by atoms with Crippen molar-refractivity contribution in [1.29, 1.82) is 0 Å². The zero-order valence-corrected chi connectivity index (χ0v) is 11.4. The molecule has 1 aliphatic rings. The van der Waals surface area contributed by atoms with Crippen LogP contribution < -0.4 is 5.73 Å². The fourth-order valence-corrected chi connectivity index (χ4v) is 3.20. The van der Waals surface area contributed by atoms with Crippen LogP contribution in [0.1, 0.15) is 33.6 Å². The summed E-state index contributed by atoms with van der Waals surface area (Å²) in [7, 11) is -3.19. The average Bonchev–Trinajstić information content (AvgIpc) is 2.28. The van der Waals surface area contributed by atoms with Crippen molar-refractivity contribution in [2.45, 2.75) is 38.9 Å². The molecule has 0 atom stereocenters. The van der Waals surface area contributed by atoms with Gasteiger partial charge >= 0.3 is 0 Å². The van der Waals surface area contributed by atoms with Gasteiger partial charge in [0.1, 0.15) is 5.84 Å². The second-order valence-electron chi connectivity index (χ2n) is 5.04. The van der Waals surface area contributed by atoms with Crippen molar-refractivity contribution < 1.29 is 13.6 Å². The van der Waals surface area contributed by atoms with Gasteiger partial charge in [0.15, 0.2) is 0 Å². The van der Waals surface area contributed by atoms with E-state index in [1.165, 1.54) is 4.31 Å². The van der Waals surface area contributed by atoms with Crippen molar-refractivity contribution >= 4 is 15.9 Å². The molecule has 1 saturated heterocycles. The summed E-state index contributed by atoms with van der Waals surface area (Å²) >= 11 is 0. The molecule has 1 fully saturated rings. The third-order valence-corrected chi connectivity index (χ3v) is 5.78. The molecule has 0 radical (unpaired) electrons. The molecule has 6 nitrogen and oxygen atoms in total. The first-order valence-corrected chi connectivity index (χ1v) is 7.21. The highest BCUT2D eigenvalue weighted by Crippen LogP contribution is 2.32. The standard InChI is InChI=1S/C10H21N3O3S/c1-8(2)17(15,16)13-6-4-10(3,5-7-13)9(11)12-14/h8,14H,4-7H2,1-3H3,(H2,11,12). The van der Waals surface area contributed by atoms with Crippen LogP contribution in [-0.4, -0.2) is 42.1 Å². The van der Waals surface area contributed by atoms with Crippen LogP contribution in [0.2, 0.25) is 0 Å². The minimum atomic E-state index is -3.19. The zero-order valence-electron chi connectivity index (χ0n) is 10.5. The van der Waals surface area contributed by atoms with Gasteiger partial charge in [0.25, 0.3) is 0 Å². The second-order valence-corrected chi connectivity index (χ2v) is 7.53. The van der Waals surface area contributed by atoms with Crippen LogP contribution in [0.25, 0.3) is 0 Å². The highest BCUT2D eigenvalue weighted by molar-refractivity contribution is 7.89. The molecule has 0 amide bonds. The Balaban J connectivity index is 2.76. The Bertz CT molecular complexity index is 395. The predicted octanol–water partition coefficient (Wildman–Crippen LogP) is 0.573. The summed E-state index contributed by atoms with van der Waals surface area (Å²) in [6.45, 7) is 6.08. The van der Waals surface area contributed by atoms with Crippen LogP contribution in [0.3, 0.4) is 0 Å². The minimum absolute atomic E-state index is 0.180. The van der Waals surface area contributed by atoms with Crippen LogP contribution in [0, 0.1) is 5.41 Å². The highest BCUT2D eigenvalue weighted by Gasteiger charge is 2.38. The molecule has 0 aromatic carbocycles. The van der Waals surface area contributed by atoms with Gasteiger partial charge in [-0.05, 0) is 26.7 Å². The summed E-state index contributed by atoms with van der Waals surface area (Å²) in [4.78, 5) is 0. The number of amidine groups is 1. The number of nitrogens with zero attached hydrogens (tertiary/aromatic N) is 2. The molecule has 100 valence electrons. The number of hydrogen-bond acceptors (Lipinski definition) is 4. The topological polar surface area (TPSA) is 96.0 Å². The number of rotatable bonds is 3. The van der Waals surface area contributed by atoms with E-state index in [1.54, 1.807) is 13.8 Å². The Morgan fingerprint density at radius 1 is 1.41 bits per heavy atom. The van der Waals surface area contributed by atoms with E-state index in [0.29, 0.717) is 25.9 Å². The molecule has 3 N–H and O–H groups in total. The fraction of sp³-hybridized carbons (Fsp3) is 0.900. The van der Waals surface area contributed by atoms with Gasteiger partial charge in [-0.2, -0.15) is 0 Å². The Hall–Kier alpha value is -0.820. The predicted molar refractivity (Wildman–Crippen MR) is 66.4 cm³/mol. The molecule has 0 bridgehead atoms. The van der Waals surface area contributed by atoms with Crippen LogP contribution in [-0.2, 0) is 10.0 Å². The lowest BCUT2D eigenvalue weighted by atomic mass is 9.80. The van der Waals surface area contributed by atoms with Gasteiger partial charge in [-0.1, -0.05) is 12.1 Å². The van der Waals surface area contributed by atoms with Gasteiger partial charge in [0, 0.05) is 18.5 Å². The van der Waals surface area contributed by atoms with Crippen LogP contribution in [0.4, 0.5) is 0 Å². The molecule has 0 aliphatic carbocycles. The van der Waals surface area contributed by atoms with Crippen molar-refractivity contribution in [3.63, 3.8) is 0 Å². The molecule has 1 rings (SSSR count). The van der Waals surface area contributed by atoms with Crippen molar-refractivity contribution in [3.8, 4) is 0 Å². The zero-order chi connectivity index (χ0) is 13.3. The lowest BCUT2D eigenvalue weighted by molar-refractivity contribution is 0.229. The Morgan fingerprint density at radius 3 is 2.24 bits per heavy atom. The molecule has 0 saturated carbocycles. The number of oxime groups is 1. The molecule has 1 aliphatic heterocycles. The SMILES string of the molecule is CC(C)S(=O)(=O)N1CCC(C)(C(N)=NO)CC1.